The maximum atomic E-state index is 6.50. The Bertz CT molecular complexity index is 259. The van der Waals surface area contributed by atoms with Crippen molar-refractivity contribution in [3.8, 4) is 0 Å². The number of hydrogen-bond donors (Lipinski definition) is 0. The fourth-order valence-corrected chi connectivity index (χ4v) is 5.10. The van der Waals surface area contributed by atoms with Crippen molar-refractivity contribution in [1.82, 2.24) is 0 Å². The molecule has 6 heteroatoms. The van der Waals surface area contributed by atoms with Crippen molar-refractivity contribution in [2.24, 2.45) is 0 Å². The van der Waals surface area contributed by atoms with Gasteiger partial charge in [0.1, 0.15) is 9.75 Å². The summed E-state index contributed by atoms with van der Waals surface area (Å²) in [6, 6.07) is 0. The zero-order chi connectivity index (χ0) is 11.5. The van der Waals surface area contributed by atoms with E-state index in [0.717, 1.165) is 0 Å². The molecule has 0 saturated heterocycles. The predicted molar refractivity (Wildman–Crippen MR) is 62.4 cm³/mol. The third-order valence-electron chi connectivity index (χ3n) is 3.65. The van der Waals surface area contributed by atoms with Gasteiger partial charge in [-0.25, -0.2) is 0 Å². The van der Waals surface area contributed by atoms with Crippen molar-refractivity contribution in [1.29, 1.82) is 0 Å². The largest absolute Gasteiger partial charge is 0.350 e. The van der Waals surface area contributed by atoms with Crippen LogP contribution in [0.25, 0.3) is 0 Å². The van der Waals surface area contributed by atoms with Crippen LogP contribution in [0.2, 0.25) is 0 Å². The number of rotatable bonds is 2. The Morgan fingerprint density at radius 3 is 1.47 bits per heavy atom. The molecular weight excluding hydrogens is 282 g/mol. The molecule has 2 bridgehead atoms. The van der Waals surface area contributed by atoms with Crippen LogP contribution in [0.5, 0.6) is 0 Å². The van der Waals surface area contributed by atoms with E-state index in [1.54, 1.807) is 0 Å². The summed E-state index contributed by atoms with van der Waals surface area (Å²) in [5, 5.41) is -0.932. The highest BCUT2D eigenvalue weighted by Crippen LogP contribution is 2.68. The molecule has 0 aromatic heterocycles. The van der Waals surface area contributed by atoms with Crippen molar-refractivity contribution < 1.29 is 9.47 Å². The van der Waals surface area contributed by atoms with Gasteiger partial charge in [-0.2, -0.15) is 0 Å². The van der Waals surface area contributed by atoms with E-state index in [0.29, 0.717) is 12.8 Å². The summed E-state index contributed by atoms with van der Waals surface area (Å²) in [5.41, 5.74) is 0. The van der Waals surface area contributed by atoms with Crippen LogP contribution in [0.15, 0.2) is 0 Å². The second kappa shape index (κ2) is 3.54. The molecule has 2 aliphatic carbocycles. The molecule has 0 aliphatic heterocycles. The summed E-state index contributed by atoms with van der Waals surface area (Å²) in [5.74, 6) is -1.11. The van der Waals surface area contributed by atoms with Crippen LogP contribution in [-0.2, 0) is 9.47 Å². The highest BCUT2D eigenvalue weighted by atomic mass is 35.5. The highest BCUT2D eigenvalue weighted by molar-refractivity contribution is 6.44. The smallest absolute Gasteiger partial charge is 0.209 e. The van der Waals surface area contributed by atoms with Gasteiger partial charge < -0.3 is 9.47 Å². The summed E-state index contributed by atoms with van der Waals surface area (Å²) >= 11 is 25.5. The molecular formula is C9H12Cl4O2. The topological polar surface area (TPSA) is 18.5 Å². The molecule has 0 heterocycles. The highest BCUT2D eigenvalue weighted by Gasteiger charge is 2.81. The number of alkyl halides is 4. The first-order valence-electron chi connectivity index (χ1n) is 4.66. The van der Waals surface area contributed by atoms with Gasteiger partial charge in [-0.15, -0.1) is 46.4 Å². The van der Waals surface area contributed by atoms with E-state index in [1.165, 1.54) is 14.2 Å². The van der Waals surface area contributed by atoms with E-state index in [2.05, 4.69) is 0 Å². The molecule has 0 aromatic carbocycles. The molecule has 2 aliphatic rings. The molecule has 0 aromatic rings. The van der Waals surface area contributed by atoms with E-state index >= 15 is 0 Å². The van der Waals surface area contributed by atoms with Gasteiger partial charge >= 0.3 is 0 Å². The second-order valence-corrected chi connectivity index (χ2v) is 6.34. The minimum Gasteiger partial charge on any atom is -0.350 e. The lowest BCUT2D eigenvalue weighted by Gasteiger charge is -2.39. The Morgan fingerprint density at radius 2 is 1.27 bits per heavy atom. The Morgan fingerprint density at radius 1 is 0.933 bits per heavy atom. The van der Waals surface area contributed by atoms with E-state index in [-0.39, 0.29) is 0 Å². The molecule has 2 rings (SSSR count). The van der Waals surface area contributed by atoms with Crippen LogP contribution in [0.3, 0.4) is 0 Å². The quantitative estimate of drug-likeness (QED) is 0.576. The Kier molecular flexibility index (Phi) is 2.95. The monoisotopic (exact) mass is 292 g/mol. The van der Waals surface area contributed by atoms with E-state index in [9.17, 15) is 0 Å². The third-order valence-corrected chi connectivity index (χ3v) is 6.60. The molecule has 2 nitrogen and oxygen atoms in total. The number of halogens is 4. The zero-order valence-electron chi connectivity index (χ0n) is 8.40. The van der Waals surface area contributed by atoms with Crippen LogP contribution in [-0.4, -0.2) is 40.5 Å². The number of methoxy groups -OCH3 is 2. The van der Waals surface area contributed by atoms with Crippen molar-refractivity contribution in [2.45, 2.75) is 39.1 Å². The van der Waals surface area contributed by atoms with Crippen molar-refractivity contribution in [3.05, 3.63) is 0 Å². The van der Waals surface area contributed by atoms with Gasteiger partial charge in [-0.1, -0.05) is 0 Å². The Balaban J connectivity index is 2.56. The molecule has 15 heavy (non-hydrogen) atoms. The summed E-state index contributed by atoms with van der Waals surface area (Å²) in [7, 11) is 3.03. The lowest BCUT2D eigenvalue weighted by Crippen LogP contribution is -2.56. The fourth-order valence-electron chi connectivity index (χ4n) is 2.90. The first kappa shape index (κ1) is 12.5. The summed E-state index contributed by atoms with van der Waals surface area (Å²) in [6.07, 6.45) is 1.27. The fraction of sp³-hybridized carbons (Fsp3) is 1.00. The van der Waals surface area contributed by atoms with Gasteiger partial charge in [0.25, 0.3) is 0 Å². The summed E-state index contributed by atoms with van der Waals surface area (Å²) in [6.45, 7) is 0. The average Bonchev–Trinajstić information content (AvgIpc) is 2.53. The van der Waals surface area contributed by atoms with Crippen molar-refractivity contribution >= 4 is 46.4 Å². The van der Waals surface area contributed by atoms with Crippen LogP contribution in [0.4, 0.5) is 0 Å². The molecule has 0 spiro atoms. The van der Waals surface area contributed by atoms with Crippen LogP contribution >= 0.6 is 46.4 Å². The molecule has 0 radical (unpaired) electrons. The maximum Gasteiger partial charge on any atom is 0.209 e. The summed E-state index contributed by atoms with van der Waals surface area (Å²) < 4.78 is 10.9. The molecule has 4 unspecified atom stereocenters. The van der Waals surface area contributed by atoms with Gasteiger partial charge in [-0.05, 0) is 12.8 Å². The maximum absolute atomic E-state index is 6.50. The molecule has 0 N–H and O–H groups in total. The molecule has 0 amide bonds. The Hall–Kier alpha value is 1.08. The summed E-state index contributed by atoms with van der Waals surface area (Å²) in [4.78, 5) is -1.71. The minimum absolute atomic E-state index is 0.466. The van der Waals surface area contributed by atoms with Gasteiger partial charge in [0.15, 0.2) is 0 Å². The number of ether oxygens (including phenoxy) is 2. The Labute approximate surface area is 109 Å². The lowest BCUT2D eigenvalue weighted by atomic mass is 9.99. The van der Waals surface area contributed by atoms with E-state index < -0.39 is 26.3 Å². The van der Waals surface area contributed by atoms with Crippen molar-refractivity contribution in [2.75, 3.05) is 14.2 Å². The standard InChI is InChI=1S/C9H12Cl4O2/c1-14-9(15-2)7(12)3-4-8(9,13)6(11)5(7)10/h5-6H,3-4H2,1-2H3. The van der Waals surface area contributed by atoms with Crippen LogP contribution in [0.1, 0.15) is 12.8 Å². The average molecular weight is 294 g/mol. The van der Waals surface area contributed by atoms with Crippen molar-refractivity contribution in [3.63, 3.8) is 0 Å². The minimum atomic E-state index is -1.11. The number of hydrogen-bond acceptors (Lipinski definition) is 2. The second-order valence-electron chi connectivity index (χ2n) is 4.05. The van der Waals surface area contributed by atoms with Gasteiger partial charge in [-0.3, -0.25) is 0 Å². The number of fused-ring (bicyclic) bond motifs is 2. The predicted octanol–water partition coefficient (Wildman–Crippen LogP) is 2.95. The third kappa shape index (κ3) is 1.12. The van der Waals surface area contributed by atoms with Crippen LogP contribution < -0.4 is 0 Å². The van der Waals surface area contributed by atoms with Gasteiger partial charge in [0, 0.05) is 14.2 Å². The zero-order valence-corrected chi connectivity index (χ0v) is 11.4. The molecule has 2 saturated carbocycles. The van der Waals surface area contributed by atoms with Crippen LogP contribution in [0, 0.1) is 0 Å². The van der Waals surface area contributed by atoms with E-state index in [4.69, 9.17) is 55.9 Å². The van der Waals surface area contributed by atoms with Gasteiger partial charge in [0.05, 0.1) is 10.8 Å². The first-order valence-corrected chi connectivity index (χ1v) is 6.29. The van der Waals surface area contributed by atoms with Gasteiger partial charge in [0.2, 0.25) is 5.79 Å². The normalized spacial score (nSPS) is 52.4. The first-order chi connectivity index (χ1) is 6.89. The molecule has 88 valence electrons. The van der Waals surface area contributed by atoms with E-state index in [1.807, 2.05) is 0 Å². The molecule has 2 fully saturated rings. The lowest BCUT2D eigenvalue weighted by molar-refractivity contribution is -0.219. The SMILES string of the molecule is COC1(OC)C2(Cl)CCC1(Cl)C(Cl)C2Cl. The molecule has 4 atom stereocenters.